The van der Waals surface area contributed by atoms with Gasteiger partial charge in [0.1, 0.15) is 6.10 Å². The molecule has 1 unspecified atom stereocenters. The molecule has 1 N–H and O–H groups in total. The van der Waals surface area contributed by atoms with E-state index in [1.165, 1.54) is 4.31 Å². The largest absolute Gasteiger partial charge is 0.367 e. The van der Waals surface area contributed by atoms with Crippen LogP contribution in [0.3, 0.4) is 0 Å². The average molecular weight is 453 g/mol. The minimum atomic E-state index is -3.64. The zero-order valence-corrected chi connectivity index (χ0v) is 20.0. The SMILES string of the molecule is C=CCOC(C)C(=O)Nc1cc(S(=O)(=O)N(CC)CC)ccc1N1CCN(CC)CC1. The topological polar surface area (TPSA) is 82.2 Å². The van der Waals surface area contributed by atoms with E-state index in [0.29, 0.717) is 18.8 Å². The maximum Gasteiger partial charge on any atom is 0.253 e. The van der Waals surface area contributed by atoms with Crippen LogP contribution < -0.4 is 10.2 Å². The van der Waals surface area contributed by atoms with Gasteiger partial charge < -0.3 is 19.9 Å². The first-order chi connectivity index (χ1) is 14.8. The predicted molar refractivity (Wildman–Crippen MR) is 125 cm³/mol. The number of sulfonamides is 1. The number of nitrogens with one attached hydrogen (secondary N) is 1. The average Bonchev–Trinajstić information content (AvgIpc) is 2.78. The Labute approximate surface area is 186 Å². The summed E-state index contributed by atoms with van der Waals surface area (Å²) in [5.74, 6) is -0.326. The minimum Gasteiger partial charge on any atom is -0.367 e. The van der Waals surface area contributed by atoms with Crippen LogP contribution in [0.2, 0.25) is 0 Å². The number of likely N-dealkylation sites (N-methyl/N-ethyl adjacent to an activating group) is 1. The van der Waals surface area contributed by atoms with Crippen molar-refractivity contribution in [3.63, 3.8) is 0 Å². The maximum atomic E-state index is 13.0. The molecule has 9 heteroatoms. The summed E-state index contributed by atoms with van der Waals surface area (Å²) in [4.78, 5) is 17.4. The molecule has 1 atom stereocenters. The number of amides is 1. The van der Waals surface area contributed by atoms with Crippen molar-refractivity contribution in [1.29, 1.82) is 0 Å². The minimum absolute atomic E-state index is 0.169. The Morgan fingerprint density at radius 3 is 2.42 bits per heavy atom. The Morgan fingerprint density at radius 1 is 1.23 bits per heavy atom. The third-order valence-corrected chi connectivity index (χ3v) is 7.61. The van der Waals surface area contributed by atoms with Crippen molar-refractivity contribution >= 4 is 27.3 Å². The van der Waals surface area contributed by atoms with Crippen LogP contribution >= 0.6 is 0 Å². The number of benzene rings is 1. The third-order valence-electron chi connectivity index (χ3n) is 5.56. The molecule has 0 spiro atoms. The molecule has 1 fully saturated rings. The second-order valence-corrected chi connectivity index (χ2v) is 9.38. The molecule has 0 saturated carbocycles. The van der Waals surface area contributed by atoms with Crippen LogP contribution in [0.5, 0.6) is 0 Å². The lowest BCUT2D eigenvalue weighted by Crippen LogP contribution is -2.46. The highest BCUT2D eigenvalue weighted by molar-refractivity contribution is 7.89. The van der Waals surface area contributed by atoms with Crippen molar-refractivity contribution in [2.45, 2.75) is 38.7 Å². The summed E-state index contributed by atoms with van der Waals surface area (Å²) in [7, 11) is -3.64. The highest BCUT2D eigenvalue weighted by atomic mass is 32.2. The van der Waals surface area contributed by atoms with Crippen molar-refractivity contribution in [1.82, 2.24) is 9.21 Å². The standard InChI is InChI=1S/C22H36N4O4S/c1-6-16-30-18(5)22(27)23-20-17-19(31(28,29)26(8-3)9-4)10-11-21(20)25-14-12-24(7-2)13-15-25/h6,10-11,17-18H,1,7-9,12-16H2,2-5H3,(H,23,27). The van der Waals surface area contributed by atoms with Crippen LogP contribution in [0.25, 0.3) is 0 Å². The number of nitrogens with zero attached hydrogens (tertiary/aromatic N) is 3. The lowest BCUT2D eigenvalue weighted by Gasteiger charge is -2.36. The van der Waals surface area contributed by atoms with Gasteiger partial charge in [-0.3, -0.25) is 4.79 Å². The molecular weight excluding hydrogens is 416 g/mol. The van der Waals surface area contributed by atoms with Gasteiger partial charge in [-0.15, -0.1) is 6.58 Å². The number of hydrogen-bond donors (Lipinski definition) is 1. The fourth-order valence-electron chi connectivity index (χ4n) is 3.59. The maximum absolute atomic E-state index is 13.0. The van der Waals surface area contributed by atoms with Gasteiger partial charge in [0.05, 0.1) is 22.9 Å². The highest BCUT2D eigenvalue weighted by Gasteiger charge is 2.26. The zero-order valence-electron chi connectivity index (χ0n) is 19.1. The number of rotatable bonds is 11. The number of carbonyl (C=O) groups excluding carboxylic acids is 1. The summed E-state index contributed by atoms with van der Waals surface area (Å²) in [6, 6.07) is 4.98. The fourth-order valence-corrected chi connectivity index (χ4v) is 5.08. The summed E-state index contributed by atoms with van der Waals surface area (Å²) in [5, 5.41) is 2.89. The summed E-state index contributed by atoms with van der Waals surface area (Å²) < 4.78 is 32.9. The van der Waals surface area contributed by atoms with Gasteiger partial charge >= 0.3 is 0 Å². The van der Waals surface area contributed by atoms with Crippen LogP contribution in [0.15, 0.2) is 35.7 Å². The first-order valence-corrected chi connectivity index (χ1v) is 12.4. The molecule has 2 rings (SSSR count). The van der Waals surface area contributed by atoms with Crippen molar-refractivity contribution in [3.8, 4) is 0 Å². The van der Waals surface area contributed by atoms with Gasteiger partial charge in [-0.25, -0.2) is 8.42 Å². The molecule has 0 radical (unpaired) electrons. The van der Waals surface area contributed by atoms with Gasteiger partial charge in [0, 0.05) is 39.3 Å². The fraction of sp³-hybridized carbons (Fsp3) is 0.591. The molecule has 1 aromatic carbocycles. The van der Waals surface area contributed by atoms with Crippen LogP contribution in [0.1, 0.15) is 27.7 Å². The molecular formula is C22H36N4O4S. The molecule has 1 saturated heterocycles. The van der Waals surface area contributed by atoms with E-state index in [1.807, 2.05) is 13.8 Å². The summed E-state index contributed by atoms with van der Waals surface area (Å²) in [6.45, 7) is 16.5. The van der Waals surface area contributed by atoms with Crippen molar-refractivity contribution in [2.24, 2.45) is 0 Å². The van der Waals surface area contributed by atoms with Gasteiger partial charge in [-0.1, -0.05) is 26.8 Å². The molecule has 1 heterocycles. The Balaban J connectivity index is 2.38. The molecule has 8 nitrogen and oxygen atoms in total. The summed E-state index contributed by atoms with van der Waals surface area (Å²) in [5.41, 5.74) is 1.30. The van der Waals surface area contributed by atoms with Gasteiger partial charge in [-0.2, -0.15) is 4.31 Å². The predicted octanol–water partition coefficient (Wildman–Crippen LogP) is 2.39. The number of hydrogen-bond acceptors (Lipinski definition) is 6. The van der Waals surface area contributed by atoms with E-state index in [1.54, 1.807) is 31.2 Å². The second kappa shape index (κ2) is 11.6. The van der Waals surface area contributed by atoms with Crippen LogP contribution in [0, 0.1) is 0 Å². The van der Waals surface area contributed by atoms with Crippen molar-refractivity contribution in [2.75, 3.05) is 62.6 Å². The van der Waals surface area contributed by atoms with E-state index < -0.39 is 16.1 Å². The lowest BCUT2D eigenvalue weighted by atomic mass is 10.2. The Hall–Kier alpha value is -1.94. The zero-order chi connectivity index (χ0) is 23.0. The van der Waals surface area contributed by atoms with E-state index in [9.17, 15) is 13.2 Å². The van der Waals surface area contributed by atoms with E-state index in [0.717, 1.165) is 38.4 Å². The number of piperazine rings is 1. The summed E-state index contributed by atoms with van der Waals surface area (Å²) >= 11 is 0. The van der Waals surface area contributed by atoms with Crippen LogP contribution in [-0.2, 0) is 19.6 Å². The van der Waals surface area contributed by atoms with E-state index in [-0.39, 0.29) is 17.4 Å². The Bertz CT molecular complexity index is 847. The van der Waals surface area contributed by atoms with Gasteiger partial charge in [0.25, 0.3) is 5.91 Å². The van der Waals surface area contributed by atoms with Gasteiger partial charge in [0.15, 0.2) is 0 Å². The third kappa shape index (κ3) is 6.29. The van der Waals surface area contributed by atoms with Crippen molar-refractivity contribution < 1.29 is 17.9 Å². The molecule has 1 aliphatic rings. The molecule has 0 bridgehead atoms. The number of carbonyl (C=O) groups is 1. The van der Waals surface area contributed by atoms with E-state index >= 15 is 0 Å². The first kappa shape index (κ1) is 25.3. The Kier molecular flexibility index (Phi) is 9.49. The monoisotopic (exact) mass is 452 g/mol. The second-order valence-electron chi connectivity index (χ2n) is 7.44. The molecule has 1 amide bonds. The smallest absolute Gasteiger partial charge is 0.253 e. The molecule has 0 aliphatic carbocycles. The Morgan fingerprint density at radius 2 is 1.87 bits per heavy atom. The van der Waals surface area contributed by atoms with Gasteiger partial charge in [-0.05, 0) is 31.7 Å². The van der Waals surface area contributed by atoms with Crippen LogP contribution in [-0.4, -0.2) is 82.1 Å². The normalized spacial score (nSPS) is 16.4. The lowest BCUT2D eigenvalue weighted by molar-refractivity contribution is -0.125. The van der Waals surface area contributed by atoms with Gasteiger partial charge in [0.2, 0.25) is 10.0 Å². The summed E-state index contributed by atoms with van der Waals surface area (Å²) in [6.07, 6.45) is 0.894. The highest BCUT2D eigenvalue weighted by Crippen LogP contribution is 2.31. The molecule has 174 valence electrons. The first-order valence-electron chi connectivity index (χ1n) is 10.9. The van der Waals surface area contributed by atoms with E-state index in [4.69, 9.17) is 4.74 Å². The molecule has 1 aliphatic heterocycles. The molecule has 0 aromatic heterocycles. The molecule has 1 aromatic rings. The quantitative estimate of drug-likeness (QED) is 0.519. The molecule has 31 heavy (non-hydrogen) atoms. The number of ether oxygens (including phenoxy) is 1. The van der Waals surface area contributed by atoms with Crippen molar-refractivity contribution in [3.05, 3.63) is 30.9 Å². The van der Waals surface area contributed by atoms with Crippen LogP contribution in [0.4, 0.5) is 11.4 Å². The number of anilines is 2. The van der Waals surface area contributed by atoms with E-state index in [2.05, 4.69) is 28.6 Å².